The lowest BCUT2D eigenvalue weighted by Crippen LogP contribution is -2.45. The van der Waals surface area contributed by atoms with Crippen molar-refractivity contribution in [1.29, 1.82) is 0 Å². The second-order valence-corrected chi connectivity index (χ2v) is 12.5. The number of likely N-dealkylation sites (tertiary alicyclic amines) is 1. The number of hydrogen-bond acceptors (Lipinski definition) is 6. The van der Waals surface area contributed by atoms with Gasteiger partial charge in [0, 0.05) is 30.1 Å². The molecule has 2 amide bonds. The molecule has 2 heterocycles. The molecule has 0 saturated carbocycles. The van der Waals surface area contributed by atoms with Gasteiger partial charge in [-0.3, -0.25) is 9.59 Å². The maximum Gasteiger partial charge on any atom is 0.254 e. The zero-order valence-electron chi connectivity index (χ0n) is 26.5. The van der Waals surface area contributed by atoms with Crippen LogP contribution < -0.4 is 9.47 Å². The molecule has 0 bridgehead atoms. The molecule has 1 fully saturated rings. The Labute approximate surface area is 271 Å². The number of methoxy groups -OCH3 is 2. The molecule has 0 aliphatic carbocycles. The molecule has 1 saturated heterocycles. The maximum absolute atomic E-state index is 14.1. The molecule has 3 aromatic carbocycles. The summed E-state index contributed by atoms with van der Waals surface area (Å²) in [5, 5.41) is 2.06. The number of ether oxygens (including phenoxy) is 2. The third kappa shape index (κ3) is 8.53. The number of amides is 2. The van der Waals surface area contributed by atoms with E-state index in [9.17, 15) is 9.59 Å². The van der Waals surface area contributed by atoms with Gasteiger partial charge in [0.05, 0.1) is 20.8 Å². The highest BCUT2D eigenvalue weighted by molar-refractivity contribution is 7.10. The van der Waals surface area contributed by atoms with Crippen molar-refractivity contribution in [1.82, 2.24) is 14.7 Å². The van der Waals surface area contributed by atoms with Crippen molar-refractivity contribution in [3.63, 3.8) is 0 Å². The van der Waals surface area contributed by atoms with Crippen LogP contribution in [-0.4, -0.2) is 80.0 Å². The molecule has 0 unspecified atom stereocenters. The maximum atomic E-state index is 14.1. The Morgan fingerprint density at radius 3 is 2.20 bits per heavy atom. The van der Waals surface area contributed by atoms with Crippen LogP contribution in [0.5, 0.6) is 11.5 Å². The first kappa shape index (κ1) is 32.3. The van der Waals surface area contributed by atoms with Crippen molar-refractivity contribution >= 4 is 23.2 Å². The van der Waals surface area contributed by atoms with Crippen molar-refractivity contribution in [2.45, 2.75) is 32.7 Å². The fourth-order valence-electron chi connectivity index (χ4n) is 5.73. The van der Waals surface area contributed by atoms with Gasteiger partial charge in [-0.2, -0.15) is 0 Å². The molecule has 1 aromatic heterocycles. The number of aryl methyl sites for hydroxylation is 1. The summed E-state index contributed by atoms with van der Waals surface area (Å²) < 4.78 is 10.9. The average Bonchev–Trinajstić information content (AvgIpc) is 3.76. The van der Waals surface area contributed by atoms with E-state index >= 15 is 0 Å². The standard InChI is InChI=1S/C37H43N3O4S/c1-28-18-24-45-35(28)26-39(21-17-29-11-16-33(43-2)34(25-29)44-3)36(41)27-40(23-22-38-19-7-8-20-38)37(42)32-14-12-31(13-15-32)30-9-5-4-6-10-30/h4-6,9-16,18,24-25H,7-8,17,19-23,26-27H2,1-3H3. The highest BCUT2D eigenvalue weighted by Gasteiger charge is 2.25. The molecule has 8 heteroatoms. The molecule has 7 nitrogen and oxygen atoms in total. The van der Waals surface area contributed by atoms with Gasteiger partial charge < -0.3 is 24.2 Å². The van der Waals surface area contributed by atoms with Crippen LogP contribution in [0.3, 0.4) is 0 Å². The van der Waals surface area contributed by atoms with Gasteiger partial charge in [-0.1, -0.05) is 48.5 Å². The minimum atomic E-state index is -0.116. The van der Waals surface area contributed by atoms with Crippen molar-refractivity contribution in [3.05, 3.63) is 106 Å². The Kier molecular flexibility index (Phi) is 11.3. The lowest BCUT2D eigenvalue weighted by atomic mass is 10.0. The molecular weight excluding hydrogens is 582 g/mol. The Hall–Kier alpha value is -4.14. The van der Waals surface area contributed by atoms with Crippen LogP contribution in [0.2, 0.25) is 0 Å². The minimum absolute atomic E-state index is 0.0312. The Morgan fingerprint density at radius 2 is 1.53 bits per heavy atom. The van der Waals surface area contributed by atoms with Gasteiger partial charge in [0.25, 0.3) is 5.91 Å². The molecule has 0 radical (unpaired) electrons. The van der Waals surface area contributed by atoms with E-state index in [0.29, 0.717) is 43.1 Å². The SMILES string of the molecule is COc1ccc(CCN(Cc2sccc2C)C(=O)CN(CCN2CCCC2)C(=O)c2ccc(-c3ccccc3)cc2)cc1OC. The van der Waals surface area contributed by atoms with Crippen molar-refractivity contribution in [2.24, 2.45) is 0 Å². The van der Waals surface area contributed by atoms with E-state index in [0.717, 1.165) is 41.2 Å². The molecule has 5 rings (SSSR count). The number of carbonyl (C=O) groups excluding carboxylic acids is 2. The number of thiophene rings is 1. The predicted molar refractivity (Wildman–Crippen MR) is 181 cm³/mol. The van der Waals surface area contributed by atoms with Crippen LogP contribution in [0.1, 0.15) is 39.2 Å². The van der Waals surface area contributed by atoms with Gasteiger partial charge in [-0.05, 0) is 97.2 Å². The van der Waals surface area contributed by atoms with Crippen LogP contribution in [-0.2, 0) is 17.8 Å². The summed E-state index contributed by atoms with van der Waals surface area (Å²) in [4.78, 5) is 35.2. The average molecular weight is 626 g/mol. The van der Waals surface area contributed by atoms with E-state index in [4.69, 9.17) is 9.47 Å². The van der Waals surface area contributed by atoms with Gasteiger partial charge in [-0.15, -0.1) is 11.3 Å². The molecular formula is C37H43N3O4S. The first-order chi connectivity index (χ1) is 21.9. The first-order valence-electron chi connectivity index (χ1n) is 15.6. The van der Waals surface area contributed by atoms with E-state index in [1.807, 2.05) is 65.6 Å². The number of benzene rings is 3. The van der Waals surface area contributed by atoms with Crippen molar-refractivity contribution in [3.8, 4) is 22.6 Å². The predicted octanol–water partition coefficient (Wildman–Crippen LogP) is 6.55. The van der Waals surface area contributed by atoms with Crippen LogP contribution in [0, 0.1) is 6.92 Å². The fourth-order valence-corrected chi connectivity index (χ4v) is 6.65. The van der Waals surface area contributed by atoms with E-state index in [2.05, 4.69) is 35.4 Å². The summed E-state index contributed by atoms with van der Waals surface area (Å²) in [5.41, 5.74) is 4.97. The number of rotatable bonds is 14. The highest BCUT2D eigenvalue weighted by atomic mass is 32.1. The quantitative estimate of drug-likeness (QED) is 0.159. The van der Waals surface area contributed by atoms with Gasteiger partial charge in [0.1, 0.15) is 6.54 Å². The molecule has 1 aliphatic heterocycles. The van der Waals surface area contributed by atoms with Crippen LogP contribution in [0.4, 0.5) is 0 Å². The zero-order valence-corrected chi connectivity index (χ0v) is 27.4. The molecule has 0 spiro atoms. The summed E-state index contributed by atoms with van der Waals surface area (Å²) in [6.45, 7) is 6.48. The van der Waals surface area contributed by atoms with Gasteiger partial charge in [0.15, 0.2) is 11.5 Å². The first-order valence-corrected chi connectivity index (χ1v) is 16.5. The monoisotopic (exact) mass is 625 g/mol. The van der Waals surface area contributed by atoms with Crippen molar-refractivity contribution in [2.75, 3.05) is 53.5 Å². The Balaban J connectivity index is 1.34. The highest BCUT2D eigenvalue weighted by Crippen LogP contribution is 2.28. The van der Waals surface area contributed by atoms with E-state index in [1.54, 1.807) is 30.5 Å². The summed E-state index contributed by atoms with van der Waals surface area (Å²) in [6, 6.07) is 25.8. The van der Waals surface area contributed by atoms with E-state index in [-0.39, 0.29) is 18.4 Å². The Bertz CT molecular complexity index is 1550. The third-order valence-electron chi connectivity index (χ3n) is 8.51. The summed E-state index contributed by atoms with van der Waals surface area (Å²) >= 11 is 1.66. The molecule has 0 N–H and O–H groups in total. The lowest BCUT2D eigenvalue weighted by molar-refractivity contribution is -0.132. The number of carbonyl (C=O) groups is 2. The second kappa shape index (κ2) is 15.7. The topological polar surface area (TPSA) is 62.3 Å². The van der Waals surface area contributed by atoms with Gasteiger partial charge >= 0.3 is 0 Å². The minimum Gasteiger partial charge on any atom is -0.493 e. The van der Waals surface area contributed by atoms with Crippen LogP contribution >= 0.6 is 11.3 Å². The van der Waals surface area contributed by atoms with Gasteiger partial charge in [-0.25, -0.2) is 0 Å². The fraction of sp³-hybridized carbons (Fsp3) is 0.351. The second-order valence-electron chi connectivity index (χ2n) is 11.5. The summed E-state index contributed by atoms with van der Waals surface area (Å²) in [7, 11) is 3.25. The normalized spacial score (nSPS) is 13.0. The molecule has 0 atom stereocenters. The smallest absolute Gasteiger partial charge is 0.254 e. The third-order valence-corrected chi connectivity index (χ3v) is 9.52. The van der Waals surface area contributed by atoms with Crippen LogP contribution in [0.25, 0.3) is 11.1 Å². The van der Waals surface area contributed by atoms with Gasteiger partial charge in [0.2, 0.25) is 5.91 Å². The Morgan fingerprint density at radius 1 is 0.822 bits per heavy atom. The molecule has 45 heavy (non-hydrogen) atoms. The number of hydrogen-bond donors (Lipinski definition) is 0. The molecule has 4 aromatic rings. The summed E-state index contributed by atoms with van der Waals surface area (Å²) in [6.07, 6.45) is 3.01. The van der Waals surface area contributed by atoms with E-state index in [1.165, 1.54) is 18.4 Å². The zero-order chi connectivity index (χ0) is 31.6. The molecule has 236 valence electrons. The van der Waals surface area contributed by atoms with Crippen molar-refractivity contribution < 1.29 is 19.1 Å². The molecule has 1 aliphatic rings. The lowest BCUT2D eigenvalue weighted by Gasteiger charge is -2.29. The largest absolute Gasteiger partial charge is 0.493 e. The number of nitrogens with zero attached hydrogens (tertiary/aromatic N) is 3. The van der Waals surface area contributed by atoms with Crippen LogP contribution in [0.15, 0.2) is 84.2 Å². The summed E-state index contributed by atoms with van der Waals surface area (Å²) in [5.74, 6) is 1.17. The van der Waals surface area contributed by atoms with E-state index < -0.39 is 0 Å².